The third-order valence-electron chi connectivity index (χ3n) is 3.96. The number of benzene rings is 2. The van der Waals surface area contributed by atoms with Crippen molar-refractivity contribution in [3.63, 3.8) is 0 Å². The van der Waals surface area contributed by atoms with E-state index in [1.54, 1.807) is 12.1 Å². The molecule has 0 saturated carbocycles. The van der Waals surface area contributed by atoms with E-state index >= 15 is 0 Å². The molecule has 0 saturated heterocycles. The second-order valence-corrected chi connectivity index (χ2v) is 5.52. The summed E-state index contributed by atoms with van der Waals surface area (Å²) in [5, 5.41) is 3.08. The third-order valence-corrected chi connectivity index (χ3v) is 3.96. The first-order valence-corrected chi connectivity index (χ1v) is 7.34. The SMILES string of the molecule is O=C(Cc1cccc(F)c1)N[C@H]1CCCc2ccccc21. The van der Waals surface area contributed by atoms with Crippen molar-refractivity contribution in [1.29, 1.82) is 0 Å². The minimum Gasteiger partial charge on any atom is -0.349 e. The van der Waals surface area contributed by atoms with Crippen LogP contribution in [0.2, 0.25) is 0 Å². The van der Waals surface area contributed by atoms with Crippen LogP contribution in [-0.4, -0.2) is 5.91 Å². The highest BCUT2D eigenvalue weighted by Crippen LogP contribution is 2.29. The molecule has 3 heteroatoms. The Morgan fingerprint density at radius 2 is 2.05 bits per heavy atom. The zero-order valence-corrected chi connectivity index (χ0v) is 11.8. The van der Waals surface area contributed by atoms with Crippen LogP contribution >= 0.6 is 0 Å². The third kappa shape index (κ3) is 3.30. The summed E-state index contributed by atoms with van der Waals surface area (Å²) < 4.78 is 13.1. The number of nitrogens with one attached hydrogen (secondary N) is 1. The highest BCUT2D eigenvalue weighted by molar-refractivity contribution is 5.79. The molecular weight excluding hydrogens is 265 g/mol. The molecule has 1 aliphatic carbocycles. The molecule has 0 radical (unpaired) electrons. The molecule has 1 amide bonds. The molecule has 21 heavy (non-hydrogen) atoms. The Bertz CT molecular complexity index is 653. The van der Waals surface area contributed by atoms with Crippen molar-refractivity contribution in [2.75, 3.05) is 0 Å². The summed E-state index contributed by atoms with van der Waals surface area (Å²) in [5.41, 5.74) is 3.24. The summed E-state index contributed by atoms with van der Waals surface area (Å²) in [5.74, 6) is -0.356. The first kappa shape index (κ1) is 13.8. The van der Waals surface area contributed by atoms with Gasteiger partial charge in [-0.15, -0.1) is 0 Å². The van der Waals surface area contributed by atoms with Crippen molar-refractivity contribution in [3.8, 4) is 0 Å². The molecule has 0 unspecified atom stereocenters. The van der Waals surface area contributed by atoms with Crippen molar-refractivity contribution in [1.82, 2.24) is 5.32 Å². The molecule has 0 aliphatic heterocycles. The number of carbonyl (C=O) groups is 1. The Morgan fingerprint density at radius 1 is 1.19 bits per heavy atom. The zero-order valence-electron chi connectivity index (χ0n) is 11.8. The van der Waals surface area contributed by atoms with E-state index in [-0.39, 0.29) is 24.2 Å². The summed E-state index contributed by atoms with van der Waals surface area (Å²) in [6.45, 7) is 0. The number of hydrogen-bond acceptors (Lipinski definition) is 1. The fraction of sp³-hybridized carbons (Fsp3) is 0.278. The molecule has 1 N–H and O–H groups in total. The Hall–Kier alpha value is -2.16. The number of fused-ring (bicyclic) bond motifs is 1. The maximum absolute atomic E-state index is 13.1. The van der Waals surface area contributed by atoms with Crippen LogP contribution in [0, 0.1) is 5.82 Å². The minimum atomic E-state index is -0.302. The number of carbonyl (C=O) groups excluding carboxylic acids is 1. The predicted octanol–water partition coefficient (Wildman–Crippen LogP) is 3.56. The van der Waals surface area contributed by atoms with E-state index in [9.17, 15) is 9.18 Å². The lowest BCUT2D eigenvalue weighted by Gasteiger charge is -2.26. The average molecular weight is 283 g/mol. The molecule has 108 valence electrons. The molecule has 0 fully saturated rings. The van der Waals surface area contributed by atoms with Gasteiger partial charge in [-0.2, -0.15) is 0 Å². The van der Waals surface area contributed by atoms with Gasteiger partial charge in [0.15, 0.2) is 0 Å². The molecule has 2 aromatic rings. The molecule has 0 spiro atoms. The maximum Gasteiger partial charge on any atom is 0.224 e. The average Bonchev–Trinajstić information content (AvgIpc) is 2.47. The second-order valence-electron chi connectivity index (χ2n) is 5.52. The summed E-state index contributed by atoms with van der Waals surface area (Å²) in [6, 6.07) is 14.5. The van der Waals surface area contributed by atoms with E-state index in [0.29, 0.717) is 5.56 Å². The van der Waals surface area contributed by atoms with Gasteiger partial charge in [-0.25, -0.2) is 4.39 Å². The molecule has 0 heterocycles. The smallest absolute Gasteiger partial charge is 0.224 e. The summed E-state index contributed by atoms with van der Waals surface area (Å²) in [7, 11) is 0. The minimum absolute atomic E-state index is 0.0534. The van der Waals surface area contributed by atoms with E-state index in [0.717, 1.165) is 19.3 Å². The van der Waals surface area contributed by atoms with E-state index < -0.39 is 0 Å². The lowest BCUT2D eigenvalue weighted by Crippen LogP contribution is -2.32. The molecule has 0 aromatic heterocycles. The van der Waals surface area contributed by atoms with Crippen molar-refractivity contribution in [2.45, 2.75) is 31.7 Å². The van der Waals surface area contributed by atoms with E-state index in [1.807, 2.05) is 12.1 Å². The molecule has 3 rings (SSSR count). The van der Waals surface area contributed by atoms with Crippen LogP contribution in [0.15, 0.2) is 48.5 Å². The van der Waals surface area contributed by atoms with Gasteiger partial charge in [0, 0.05) is 0 Å². The molecule has 2 nitrogen and oxygen atoms in total. The predicted molar refractivity (Wildman–Crippen MR) is 80.4 cm³/mol. The summed E-state index contributed by atoms with van der Waals surface area (Å²) in [6.07, 6.45) is 3.34. The fourth-order valence-corrected chi connectivity index (χ4v) is 2.98. The molecule has 1 atom stereocenters. The maximum atomic E-state index is 13.1. The Balaban J connectivity index is 1.68. The largest absolute Gasteiger partial charge is 0.349 e. The van der Waals surface area contributed by atoms with E-state index in [4.69, 9.17) is 0 Å². The zero-order chi connectivity index (χ0) is 14.7. The van der Waals surface area contributed by atoms with Crippen molar-refractivity contribution < 1.29 is 9.18 Å². The quantitative estimate of drug-likeness (QED) is 0.917. The molecule has 1 aliphatic rings. The Kier molecular flexibility index (Phi) is 4.00. The highest BCUT2D eigenvalue weighted by atomic mass is 19.1. The Morgan fingerprint density at radius 3 is 2.90 bits per heavy atom. The van der Waals surface area contributed by atoms with Gasteiger partial charge < -0.3 is 5.32 Å². The molecular formula is C18H18FNO. The van der Waals surface area contributed by atoms with Crippen LogP contribution in [0.1, 0.15) is 35.6 Å². The standard InChI is InChI=1S/C18H18FNO/c19-15-8-3-5-13(11-15)12-18(21)20-17-10-4-7-14-6-1-2-9-16(14)17/h1-3,5-6,8-9,11,17H,4,7,10,12H2,(H,20,21)/t17-/m0/s1. The lowest BCUT2D eigenvalue weighted by molar-refractivity contribution is -0.121. The van der Waals surface area contributed by atoms with Gasteiger partial charge in [-0.1, -0.05) is 36.4 Å². The molecule has 2 aromatic carbocycles. The fourth-order valence-electron chi connectivity index (χ4n) is 2.98. The van der Waals surface area contributed by atoms with Gasteiger partial charge >= 0.3 is 0 Å². The van der Waals surface area contributed by atoms with Crippen LogP contribution in [0.5, 0.6) is 0 Å². The van der Waals surface area contributed by atoms with Gasteiger partial charge in [0.1, 0.15) is 5.82 Å². The number of hydrogen-bond donors (Lipinski definition) is 1. The second kappa shape index (κ2) is 6.08. The number of rotatable bonds is 3. The van der Waals surface area contributed by atoms with Gasteiger partial charge in [0.2, 0.25) is 5.91 Å². The van der Waals surface area contributed by atoms with Crippen molar-refractivity contribution >= 4 is 5.91 Å². The van der Waals surface area contributed by atoms with E-state index in [2.05, 4.69) is 17.4 Å². The van der Waals surface area contributed by atoms with Gasteiger partial charge in [-0.05, 0) is 48.1 Å². The van der Waals surface area contributed by atoms with Crippen molar-refractivity contribution in [3.05, 3.63) is 71.0 Å². The summed E-state index contributed by atoms with van der Waals surface area (Å²) >= 11 is 0. The first-order chi connectivity index (χ1) is 10.2. The van der Waals surface area contributed by atoms with Crippen LogP contribution in [-0.2, 0) is 17.6 Å². The van der Waals surface area contributed by atoms with Crippen LogP contribution < -0.4 is 5.32 Å². The van der Waals surface area contributed by atoms with E-state index in [1.165, 1.54) is 23.3 Å². The highest BCUT2D eigenvalue weighted by Gasteiger charge is 2.21. The van der Waals surface area contributed by atoms with Crippen LogP contribution in [0.25, 0.3) is 0 Å². The molecule has 0 bridgehead atoms. The number of halogens is 1. The topological polar surface area (TPSA) is 29.1 Å². The van der Waals surface area contributed by atoms with Gasteiger partial charge in [0.05, 0.1) is 12.5 Å². The monoisotopic (exact) mass is 283 g/mol. The number of aryl methyl sites for hydroxylation is 1. The number of amides is 1. The normalized spacial score (nSPS) is 17.1. The van der Waals surface area contributed by atoms with Crippen LogP contribution in [0.3, 0.4) is 0 Å². The van der Waals surface area contributed by atoms with Gasteiger partial charge in [-0.3, -0.25) is 4.79 Å². The van der Waals surface area contributed by atoms with Crippen LogP contribution in [0.4, 0.5) is 4.39 Å². The lowest BCUT2D eigenvalue weighted by atomic mass is 9.87. The summed E-state index contributed by atoms with van der Waals surface area (Å²) in [4.78, 5) is 12.2. The van der Waals surface area contributed by atoms with Gasteiger partial charge in [0.25, 0.3) is 0 Å². The first-order valence-electron chi connectivity index (χ1n) is 7.34. The van der Waals surface area contributed by atoms with Crippen molar-refractivity contribution in [2.24, 2.45) is 0 Å². The Labute approximate surface area is 124 Å².